The maximum absolute atomic E-state index is 12.3. The van der Waals surface area contributed by atoms with Gasteiger partial charge in [0.2, 0.25) is 5.91 Å². The largest absolute Gasteiger partial charge is 0.480 e. The lowest BCUT2D eigenvalue weighted by Gasteiger charge is -2.24. The van der Waals surface area contributed by atoms with Gasteiger partial charge < -0.3 is 15.5 Å². The number of carboxylic acid groups (broad SMARTS) is 2. The Kier molecular flexibility index (Phi) is 8.89. The minimum absolute atomic E-state index is 0.0436. The second-order valence-electron chi connectivity index (χ2n) is 7.13. The number of imide groups is 1. The lowest BCUT2D eigenvalue weighted by atomic mass is 10.4. The second kappa shape index (κ2) is 11.4. The molecule has 3 N–H and O–H groups in total. The van der Waals surface area contributed by atoms with Crippen molar-refractivity contribution in [2.45, 2.75) is 0 Å². The second-order valence-corrected chi connectivity index (χ2v) is 7.13. The van der Waals surface area contributed by atoms with Crippen molar-refractivity contribution >= 4 is 29.7 Å². The van der Waals surface area contributed by atoms with Gasteiger partial charge in [0, 0.05) is 64.5 Å². The summed E-state index contributed by atoms with van der Waals surface area (Å²) in [4.78, 5) is 63.7. The molecule has 3 amide bonds. The first-order valence-electron chi connectivity index (χ1n) is 9.65. The summed E-state index contributed by atoms with van der Waals surface area (Å²) < 4.78 is 0. The van der Waals surface area contributed by atoms with E-state index in [9.17, 15) is 24.0 Å². The van der Waals surface area contributed by atoms with Gasteiger partial charge in [-0.05, 0) is 0 Å². The van der Waals surface area contributed by atoms with Gasteiger partial charge in [-0.15, -0.1) is 0 Å². The van der Waals surface area contributed by atoms with Crippen molar-refractivity contribution in [3.05, 3.63) is 12.2 Å². The molecule has 0 saturated carbocycles. The summed E-state index contributed by atoms with van der Waals surface area (Å²) in [6.45, 7) is 2.55. The van der Waals surface area contributed by atoms with Crippen LogP contribution in [0.2, 0.25) is 0 Å². The van der Waals surface area contributed by atoms with Crippen molar-refractivity contribution in [1.29, 1.82) is 0 Å². The van der Waals surface area contributed by atoms with E-state index in [1.54, 1.807) is 9.80 Å². The summed E-state index contributed by atoms with van der Waals surface area (Å²) in [6.07, 6.45) is 2.36. The van der Waals surface area contributed by atoms with Gasteiger partial charge >= 0.3 is 11.9 Å². The van der Waals surface area contributed by atoms with E-state index in [4.69, 9.17) is 10.2 Å². The summed E-state index contributed by atoms with van der Waals surface area (Å²) in [5.41, 5.74) is 0. The van der Waals surface area contributed by atoms with Crippen molar-refractivity contribution in [3.63, 3.8) is 0 Å². The predicted molar refractivity (Wildman–Crippen MR) is 103 cm³/mol. The molecule has 0 atom stereocenters. The topological polar surface area (TPSA) is 151 Å². The van der Waals surface area contributed by atoms with Crippen LogP contribution in [0.4, 0.5) is 0 Å². The summed E-state index contributed by atoms with van der Waals surface area (Å²) in [7, 11) is 0. The molecule has 2 rings (SSSR count). The van der Waals surface area contributed by atoms with Crippen molar-refractivity contribution in [3.8, 4) is 0 Å². The summed E-state index contributed by atoms with van der Waals surface area (Å²) in [6, 6.07) is 0. The molecule has 0 aromatic rings. The highest BCUT2D eigenvalue weighted by molar-refractivity contribution is 6.12. The highest BCUT2D eigenvalue weighted by Crippen LogP contribution is 2.03. The fourth-order valence-corrected chi connectivity index (χ4v) is 3.26. The third-order valence-corrected chi connectivity index (χ3v) is 4.84. The van der Waals surface area contributed by atoms with Crippen LogP contribution in [0.25, 0.3) is 0 Å². The van der Waals surface area contributed by atoms with Gasteiger partial charge in [-0.2, -0.15) is 0 Å². The van der Waals surface area contributed by atoms with Crippen LogP contribution in [-0.4, -0.2) is 131 Å². The van der Waals surface area contributed by atoms with E-state index >= 15 is 0 Å². The number of nitrogens with zero attached hydrogens (tertiary/aromatic N) is 4. The zero-order valence-electron chi connectivity index (χ0n) is 16.7. The highest BCUT2D eigenvalue weighted by Gasteiger charge is 2.23. The van der Waals surface area contributed by atoms with Gasteiger partial charge in [0.05, 0.1) is 19.6 Å². The molecular weight excluding hydrogens is 398 g/mol. The molecule has 0 unspecified atom stereocenters. The molecule has 166 valence electrons. The third kappa shape index (κ3) is 7.89. The number of carbonyl (C=O) groups excluding carboxylic acids is 3. The third-order valence-electron chi connectivity index (χ3n) is 4.84. The Hall–Kier alpha value is -2.83. The maximum atomic E-state index is 12.3. The monoisotopic (exact) mass is 425 g/mol. The number of amides is 3. The number of carbonyl (C=O) groups is 5. The number of rotatable bonds is 9. The van der Waals surface area contributed by atoms with Crippen molar-refractivity contribution in [2.24, 2.45) is 0 Å². The van der Waals surface area contributed by atoms with Crippen LogP contribution in [0, 0.1) is 0 Å². The van der Waals surface area contributed by atoms with Gasteiger partial charge in [0.25, 0.3) is 11.8 Å². The quantitative estimate of drug-likeness (QED) is 0.329. The SMILES string of the molecule is O=C(O)CN1CCN(CC(=O)O)CCN(CC(=O)NCCN2C(=O)C=CC2=O)CC1. The van der Waals surface area contributed by atoms with E-state index in [1.807, 2.05) is 4.90 Å². The maximum Gasteiger partial charge on any atom is 0.317 e. The van der Waals surface area contributed by atoms with Crippen LogP contribution >= 0.6 is 0 Å². The first-order valence-corrected chi connectivity index (χ1v) is 9.65. The molecule has 12 heteroatoms. The molecule has 2 aliphatic rings. The summed E-state index contributed by atoms with van der Waals surface area (Å²) in [5.74, 6) is -3.05. The van der Waals surface area contributed by atoms with Crippen molar-refractivity contribution in [2.75, 3.05) is 72.0 Å². The molecule has 2 aliphatic heterocycles. The number of nitrogens with one attached hydrogen (secondary N) is 1. The van der Waals surface area contributed by atoms with E-state index in [0.29, 0.717) is 39.3 Å². The molecule has 0 spiro atoms. The van der Waals surface area contributed by atoms with Gasteiger partial charge in [0.1, 0.15) is 0 Å². The highest BCUT2D eigenvalue weighted by atomic mass is 16.4. The van der Waals surface area contributed by atoms with E-state index in [-0.39, 0.29) is 38.6 Å². The molecule has 0 aliphatic carbocycles. The van der Waals surface area contributed by atoms with Crippen molar-refractivity contribution < 1.29 is 34.2 Å². The van der Waals surface area contributed by atoms with Gasteiger partial charge in [0.15, 0.2) is 0 Å². The molecule has 0 bridgehead atoms. The average molecular weight is 425 g/mol. The molecule has 1 fully saturated rings. The Morgan fingerprint density at radius 1 is 0.767 bits per heavy atom. The smallest absolute Gasteiger partial charge is 0.317 e. The van der Waals surface area contributed by atoms with Gasteiger partial charge in [-0.25, -0.2) is 0 Å². The molecule has 30 heavy (non-hydrogen) atoms. The van der Waals surface area contributed by atoms with Crippen LogP contribution in [0.1, 0.15) is 0 Å². The number of carboxylic acids is 2. The Morgan fingerprint density at radius 2 is 1.17 bits per heavy atom. The number of hydrogen-bond acceptors (Lipinski definition) is 8. The zero-order chi connectivity index (χ0) is 22.1. The minimum atomic E-state index is -0.969. The Balaban J connectivity index is 1.85. The lowest BCUT2D eigenvalue weighted by Crippen LogP contribution is -2.45. The first-order chi connectivity index (χ1) is 14.2. The Morgan fingerprint density at radius 3 is 1.57 bits per heavy atom. The standard InChI is InChI=1S/C18H27N5O7/c24-14(19-3-4-23-15(25)1-2-16(23)26)11-20-5-7-21(12-17(27)28)9-10-22(8-6-20)13-18(29)30/h1-2H,3-13H2,(H,19,24)(H,27,28)(H,29,30). The van der Waals surface area contributed by atoms with E-state index < -0.39 is 23.8 Å². The van der Waals surface area contributed by atoms with E-state index in [0.717, 1.165) is 4.90 Å². The van der Waals surface area contributed by atoms with Crippen LogP contribution in [-0.2, 0) is 24.0 Å². The molecular formula is C18H27N5O7. The molecule has 2 heterocycles. The minimum Gasteiger partial charge on any atom is -0.480 e. The van der Waals surface area contributed by atoms with E-state index in [2.05, 4.69) is 5.32 Å². The Labute approximate surface area is 173 Å². The fraction of sp³-hybridized carbons (Fsp3) is 0.611. The number of aliphatic carboxylic acids is 2. The summed E-state index contributed by atoms with van der Waals surface area (Å²) >= 11 is 0. The molecule has 0 radical (unpaired) electrons. The van der Waals surface area contributed by atoms with E-state index in [1.165, 1.54) is 12.2 Å². The fourth-order valence-electron chi connectivity index (χ4n) is 3.26. The van der Waals surface area contributed by atoms with Crippen LogP contribution in [0.5, 0.6) is 0 Å². The normalized spacial score (nSPS) is 19.4. The molecule has 12 nitrogen and oxygen atoms in total. The van der Waals surface area contributed by atoms with Crippen LogP contribution in [0.3, 0.4) is 0 Å². The van der Waals surface area contributed by atoms with Crippen LogP contribution < -0.4 is 5.32 Å². The summed E-state index contributed by atoms with van der Waals surface area (Å²) in [5, 5.41) is 20.8. The number of hydrogen-bond donors (Lipinski definition) is 3. The van der Waals surface area contributed by atoms with Gasteiger partial charge in [-0.3, -0.25) is 43.6 Å². The molecule has 1 saturated heterocycles. The predicted octanol–water partition coefficient (Wildman–Crippen LogP) is -2.88. The van der Waals surface area contributed by atoms with Crippen LogP contribution in [0.15, 0.2) is 12.2 Å². The van der Waals surface area contributed by atoms with Gasteiger partial charge in [-0.1, -0.05) is 0 Å². The van der Waals surface area contributed by atoms with Crippen molar-refractivity contribution in [1.82, 2.24) is 24.9 Å². The molecule has 0 aromatic carbocycles. The zero-order valence-corrected chi connectivity index (χ0v) is 16.7. The first kappa shape index (κ1) is 23.4. The molecule has 0 aromatic heterocycles. The lowest BCUT2D eigenvalue weighted by molar-refractivity contribution is -0.140. The average Bonchev–Trinajstić information content (AvgIpc) is 3.01. The Bertz CT molecular complexity index is 665.